The lowest BCUT2D eigenvalue weighted by Gasteiger charge is -2.24. The number of hydrogen-bond donors (Lipinski definition) is 1. The van der Waals surface area contributed by atoms with E-state index in [1.807, 2.05) is 24.1 Å². The second-order valence-electron chi connectivity index (χ2n) is 7.12. The highest BCUT2D eigenvalue weighted by Gasteiger charge is 2.20. The van der Waals surface area contributed by atoms with Crippen molar-refractivity contribution in [2.24, 2.45) is 0 Å². The van der Waals surface area contributed by atoms with Crippen LogP contribution in [0, 0.1) is 0 Å². The van der Waals surface area contributed by atoms with Gasteiger partial charge >= 0.3 is 0 Å². The molecule has 162 valence electrons. The normalized spacial score (nSPS) is 10.9. The smallest absolute Gasteiger partial charge is 0.253 e. The number of hydrogen-bond acceptors (Lipinski definition) is 4. The highest BCUT2D eigenvalue weighted by molar-refractivity contribution is 6.42. The molecule has 0 atom stereocenters. The van der Waals surface area contributed by atoms with E-state index in [1.165, 1.54) is 4.90 Å². The van der Waals surface area contributed by atoms with Gasteiger partial charge in [0.15, 0.2) is 0 Å². The molecule has 6 nitrogen and oxygen atoms in total. The summed E-state index contributed by atoms with van der Waals surface area (Å²) in [6.07, 6.45) is 1.55. The maximum atomic E-state index is 12.9. The molecule has 0 spiro atoms. The highest BCUT2D eigenvalue weighted by Crippen LogP contribution is 2.26. The minimum atomic E-state index is -0.286. The van der Waals surface area contributed by atoms with E-state index in [2.05, 4.69) is 5.32 Å². The minimum absolute atomic E-state index is 0.141. The number of rotatable bonds is 8. The van der Waals surface area contributed by atoms with Crippen molar-refractivity contribution in [1.82, 2.24) is 10.2 Å². The topological polar surface area (TPSA) is 65.8 Å². The molecular weight excluding hydrogens is 437 g/mol. The average molecular weight is 460 g/mol. The zero-order chi connectivity index (χ0) is 22.4. The molecule has 1 aromatic heterocycles. The molecule has 8 heteroatoms. The van der Waals surface area contributed by atoms with E-state index in [-0.39, 0.29) is 24.9 Å². The Morgan fingerprint density at radius 2 is 1.77 bits per heavy atom. The van der Waals surface area contributed by atoms with Crippen molar-refractivity contribution in [3.8, 4) is 0 Å². The van der Waals surface area contributed by atoms with Crippen LogP contribution in [0.4, 0.5) is 5.69 Å². The Labute approximate surface area is 191 Å². The average Bonchev–Trinajstić information content (AvgIpc) is 3.28. The third-order valence-electron chi connectivity index (χ3n) is 4.76. The molecule has 1 heterocycles. The van der Waals surface area contributed by atoms with Crippen LogP contribution in [0.25, 0.3) is 0 Å². The molecule has 1 N–H and O–H groups in total. The molecule has 0 aliphatic carbocycles. The van der Waals surface area contributed by atoms with Crippen LogP contribution in [0.2, 0.25) is 10.0 Å². The number of nitrogens with one attached hydrogen (secondary N) is 1. The summed E-state index contributed by atoms with van der Waals surface area (Å²) < 4.78 is 5.24. The molecule has 3 aromatic rings. The molecular formula is C23H23Cl2N3O3. The van der Waals surface area contributed by atoms with E-state index in [0.717, 1.165) is 5.56 Å². The maximum absolute atomic E-state index is 12.9. The van der Waals surface area contributed by atoms with Gasteiger partial charge in [-0.15, -0.1) is 0 Å². The van der Waals surface area contributed by atoms with Crippen LogP contribution in [-0.2, 0) is 17.9 Å². The lowest BCUT2D eigenvalue weighted by atomic mass is 10.1. The molecule has 31 heavy (non-hydrogen) atoms. The first-order valence-electron chi connectivity index (χ1n) is 9.64. The first-order chi connectivity index (χ1) is 14.9. The number of halogens is 2. The van der Waals surface area contributed by atoms with E-state index >= 15 is 0 Å². The number of para-hydroxylation sites is 1. The van der Waals surface area contributed by atoms with Crippen LogP contribution in [0.5, 0.6) is 0 Å². The van der Waals surface area contributed by atoms with Gasteiger partial charge in [-0.25, -0.2) is 0 Å². The molecule has 0 saturated carbocycles. The Bertz CT molecular complexity index is 1050. The van der Waals surface area contributed by atoms with Crippen molar-refractivity contribution in [1.29, 1.82) is 0 Å². The maximum Gasteiger partial charge on any atom is 0.253 e. The molecule has 0 saturated heterocycles. The third-order valence-corrected chi connectivity index (χ3v) is 5.62. The Morgan fingerprint density at radius 1 is 1.00 bits per heavy atom. The summed E-state index contributed by atoms with van der Waals surface area (Å²) in [5.41, 5.74) is 1.77. The highest BCUT2D eigenvalue weighted by atomic mass is 35.5. The van der Waals surface area contributed by atoms with Crippen LogP contribution in [0.1, 0.15) is 21.7 Å². The summed E-state index contributed by atoms with van der Waals surface area (Å²) in [4.78, 5) is 28.9. The van der Waals surface area contributed by atoms with E-state index in [1.54, 1.807) is 55.8 Å². The van der Waals surface area contributed by atoms with Crippen LogP contribution in [0.3, 0.4) is 0 Å². The number of carbonyl (C=O) groups excluding carboxylic acids is 2. The minimum Gasteiger partial charge on any atom is -0.467 e. The van der Waals surface area contributed by atoms with Gasteiger partial charge in [-0.1, -0.05) is 47.5 Å². The molecule has 0 aliphatic heterocycles. The van der Waals surface area contributed by atoms with Crippen LogP contribution >= 0.6 is 23.2 Å². The second-order valence-corrected chi connectivity index (χ2v) is 7.90. The summed E-state index contributed by atoms with van der Waals surface area (Å²) in [6.45, 7) is 0.868. The number of carbonyl (C=O) groups is 2. The quantitative estimate of drug-likeness (QED) is 0.533. The van der Waals surface area contributed by atoms with Gasteiger partial charge in [0.25, 0.3) is 5.91 Å². The predicted octanol–water partition coefficient (Wildman–Crippen LogP) is 4.61. The number of likely N-dealkylation sites (N-methyl/N-ethyl adjacent to an activating group) is 2. The molecule has 0 fully saturated rings. The van der Waals surface area contributed by atoms with Crippen molar-refractivity contribution < 1.29 is 14.0 Å². The van der Waals surface area contributed by atoms with Crippen LogP contribution in [-0.4, -0.2) is 37.4 Å². The molecule has 3 rings (SSSR count). The first-order valence-corrected chi connectivity index (χ1v) is 10.4. The van der Waals surface area contributed by atoms with E-state index in [9.17, 15) is 9.59 Å². The molecule has 0 bridgehead atoms. The van der Waals surface area contributed by atoms with Crippen molar-refractivity contribution >= 4 is 40.7 Å². The fourth-order valence-corrected chi connectivity index (χ4v) is 3.50. The van der Waals surface area contributed by atoms with Crippen LogP contribution in [0.15, 0.2) is 65.3 Å². The lowest BCUT2D eigenvalue weighted by molar-refractivity contribution is -0.119. The zero-order valence-electron chi connectivity index (χ0n) is 17.3. The summed E-state index contributed by atoms with van der Waals surface area (Å²) in [5.74, 6) is 0.203. The summed E-state index contributed by atoms with van der Waals surface area (Å²) >= 11 is 12.3. The number of nitrogens with zero attached hydrogens (tertiary/aromatic N) is 2. The molecule has 2 amide bonds. The van der Waals surface area contributed by atoms with Gasteiger partial charge in [-0.3, -0.25) is 14.5 Å². The van der Waals surface area contributed by atoms with Crippen molar-refractivity contribution in [2.45, 2.75) is 13.1 Å². The summed E-state index contributed by atoms with van der Waals surface area (Å²) in [7, 11) is 3.48. The largest absolute Gasteiger partial charge is 0.467 e. The SMILES string of the molecule is CN(CC(=O)N(C)c1ccccc1C(=O)NCc1ccco1)Cc1cccc(Cl)c1Cl. The third kappa shape index (κ3) is 5.88. The van der Waals surface area contributed by atoms with Gasteiger partial charge in [0.2, 0.25) is 5.91 Å². The molecule has 2 aromatic carbocycles. The number of amides is 2. The Morgan fingerprint density at radius 3 is 2.52 bits per heavy atom. The molecule has 0 aliphatic rings. The van der Waals surface area contributed by atoms with Gasteiger partial charge in [0.05, 0.1) is 40.6 Å². The van der Waals surface area contributed by atoms with Crippen molar-refractivity contribution in [3.63, 3.8) is 0 Å². The van der Waals surface area contributed by atoms with Crippen LogP contribution < -0.4 is 10.2 Å². The van der Waals surface area contributed by atoms with E-state index in [4.69, 9.17) is 27.6 Å². The number of anilines is 1. The first kappa shape index (κ1) is 22.9. The van der Waals surface area contributed by atoms with E-state index in [0.29, 0.717) is 33.6 Å². The monoisotopic (exact) mass is 459 g/mol. The molecule has 0 radical (unpaired) electrons. The van der Waals surface area contributed by atoms with Gasteiger partial charge in [0.1, 0.15) is 5.76 Å². The molecule has 0 unspecified atom stereocenters. The Hall–Kier alpha value is -2.80. The van der Waals surface area contributed by atoms with Gasteiger partial charge < -0.3 is 14.6 Å². The van der Waals surface area contributed by atoms with Crippen molar-refractivity contribution in [3.05, 3.63) is 87.8 Å². The standard InChI is InChI=1S/C23H23Cl2N3O3/c1-27(14-16-7-5-10-19(24)22(16)25)15-21(29)28(2)20-11-4-3-9-18(20)23(30)26-13-17-8-6-12-31-17/h3-12H,13-15H2,1-2H3,(H,26,30). The Balaban J connectivity index is 1.66. The Kier molecular flexibility index (Phi) is 7.74. The fourth-order valence-electron chi connectivity index (χ4n) is 3.12. The zero-order valence-corrected chi connectivity index (χ0v) is 18.8. The van der Waals surface area contributed by atoms with Gasteiger partial charge in [-0.2, -0.15) is 0 Å². The predicted molar refractivity (Wildman–Crippen MR) is 123 cm³/mol. The van der Waals surface area contributed by atoms with Crippen molar-refractivity contribution in [2.75, 3.05) is 25.5 Å². The lowest BCUT2D eigenvalue weighted by Crippen LogP contribution is -2.37. The van der Waals surface area contributed by atoms with Gasteiger partial charge in [0, 0.05) is 13.6 Å². The number of benzene rings is 2. The van der Waals surface area contributed by atoms with Gasteiger partial charge in [-0.05, 0) is 42.9 Å². The second kappa shape index (κ2) is 10.5. The van der Waals surface area contributed by atoms with E-state index < -0.39 is 0 Å². The summed E-state index contributed by atoms with van der Waals surface area (Å²) in [6, 6.07) is 15.9. The summed E-state index contributed by atoms with van der Waals surface area (Å²) in [5, 5.41) is 3.77. The number of furan rings is 1. The fraction of sp³-hybridized carbons (Fsp3) is 0.217.